The van der Waals surface area contributed by atoms with Gasteiger partial charge in [-0.25, -0.2) is 4.68 Å². The molecule has 1 aliphatic rings. The third-order valence-electron chi connectivity index (χ3n) is 4.54. The molecule has 0 fully saturated rings. The minimum absolute atomic E-state index is 0.0295. The van der Waals surface area contributed by atoms with Crippen molar-refractivity contribution in [1.29, 1.82) is 0 Å². The van der Waals surface area contributed by atoms with E-state index in [1.54, 1.807) is 11.0 Å². The summed E-state index contributed by atoms with van der Waals surface area (Å²) < 4.78 is 12.6. The van der Waals surface area contributed by atoms with Gasteiger partial charge in [0.1, 0.15) is 5.52 Å². The molecule has 0 saturated carbocycles. The minimum Gasteiger partial charge on any atom is -0.454 e. The first-order chi connectivity index (χ1) is 12.7. The van der Waals surface area contributed by atoms with Crippen LogP contribution < -0.4 is 9.47 Å². The molecule has 7 heteroatoms. The summed E-state index contributed by atoms with van der Waals surface area (Å²) in [7, 11) is 0. The summed E-state index contributed by atoms with van der Waals surface area (Å²) in [5, 5.41) is 8.25. The van der Waals surface area contributed by atoms with Crippen molar-refractivity contribution >= 4 is 16.9 Å². The molecule has 1 amide bonds. The van der Waals surface area contributed by atoms with Gasteiger partial charge in [0.15, 0.2) is 11.5 Å². The van der Waals surface area contributed by atoms with Crippen LogP contribution in [0.15, 0.2) is 36.4 Å². The number of nitrogens with zero attached hydrogens (tertiary/aromatic N) is 4. The molecule has 0 saturated heterocycles. The second kappa shape index (κ2) is 6.67. The number of hydrogen-bond acceptors (Lipinski definition) is 5. The van der Waals surface area contributed by atoms with Gasteiger partial charge in [-0.15, -0.1) is 5.10 Å². The second-order valence-corrected chi connectivity index (χ2v) is 6.12. The number of carbonyl (C=O) groups excluding carboxylic acids is 1. The number of aryl methyl sites for hydroxylation is 1. The van der Waals surface area contributed by atoms with Crippen molar-refractivity contribution in [2.75, 3.05) is 13.3 Å². The van der Waals surface area contributed by atoms with Crippen molar-refractivity contribution in [1.82, 2.24) is 19.9 Å². The van der Waals surface area contributed by atoms with Gasteiger partial charge in [-0.2, -0.15) is 0 Å². The van der Waals surface area contributed by atoms with Gasteiger partial charge in [0.25, 0.3) is 5.91 Å². The van der Waals surface area contributed by atoms with E-state index in [2.05, 4.69) is 10.3 Å². The predicted octanol–water partition coefficient (Wildman–Crippen LogP) is 2.84. The monoisotopic (exact) mass is 352 g/mol. The molecule has 7 nitrogen and oxygen atoms in total. The lowest BCUT2D eigenvalue weighted by Crippen LogP contribution is -2.30. The Kier molecular flexibility index (Phi) is 4.20. The lowest BCUT2D eigenvalue weighted by molar-refractivity contribution is 0.0752. The molecule has 1 aliphatic heterocycles. The zero-order valence-electron chi connectivity index (χ0n) is 14.8. The van der Waals surface area contributed by atoms with Gasteiger partial charge in [-0.3, -0.25) is 4.79 Å². The van der Waals surface area contributed by atoms with Gasteiger partial charge in [-0.05, 0) is 49.7 Å². The fraction of sp³-hybridized carbons (Fsp3) is 0.316. The Bertz CT molecular complexity index is 967. The molecular formula is C19H20N4O3. The summed E-state index contributed by atoms with van der Waals surface area (Å²) in [5.74, 6) is 1.44. The molecule has 0 unspecified atom stereocenters. The van der Waals surface area contributed by atoms with E-state index >= 15 is 0 Å². The van der Waals surface area contributed by atoms with Gasteiger partial charge >= 0.3 is 0 Å². The van der Waals surface area contributed by atoms with Crippen LogP contribution in [0, 0.1) is 0 Å². The molecule has 0 atom stereocenters. The minimum atomic E-state index is -0.0295. The number of carbonyl (C=O) groups is 1. The number of amides is 1. The van der Waals surface area contributed by atoms with Crippen molar-refractivity contribution in [3.05, 3.63) is 47.5 Å². The predicted molar refractivity (Wildman–Crippen MR) is 96.2 cm³/mol. The van der Waals surface area contributed by atoms with Crippen LogP contribution in [0.5, 0.6) is 11.5 Å². The highest BCUT2D eigenvalue weighted by molar-refractivity contribution is 5.97. The smallest absolute Gasteiger partial charge is 0.254 e. The maximum atomic E-state index is 12.9. The average Bonchev–Trinajstić information content (AvgIpc) is 3.30. The lowest BCUT2D eigenvalue weighted by Gasteiger charge is -2.21. The Labute approximate surface area is 151 Å². The number of ether oxygens (including phenoxy) is 2. The van der Waals surface area contributed by atoms with E-state index in [1.807, 2.05) is 48.9 Å². The summed E-state index contributed by atoms with van der Waals surface area (Å²) in [5.41, 5.74) is 3.28. The van der Waals surface area contributed by atoms with E-state index in [0.29, 0.717) is 18.7 Å². The van der Waals surface area contributed by atoms with E-state index < -0.39 is 0 Å². The highest BCUT2D eigenvalue weighted by Crippen LogP contribution is 2.32. The summed E-state index contributed by atoms with van der Waals surface area (Å²) in [6.45, 7) is 6.08. The lowest BCUT2D eigenvalue weighted by atomic mass is 10.1. The molecule has 1 aromatic heterocycles. The van der Waals surface area contributed by atoms with Crippen molar-refractivity contribution < 1.29 is 14.3 Å². The number of benzene rings is 2. The van der Waals surface area contributed by atoms with E-state index in [1.165, 1.54) is 0 Å². The fourth-order valence-corrected chi connectivity index (χ4v) is 3.11. The number of rotatable bonds is 5. The molecule has 0 aliphatic carbocycles. The standard InChI is InChI=1S/C19H20N4O3/c1-3-22(11-13-5-8-17-18(9-13)26-12-25-17)19(24)14-6-7-16-15(10-14)20-21-23(16)4-2/h5-10H,3-4,11-12H2,1-2H3. The molecule has 4 rings (SSSR count). The number of hydrogen-bond donors (Lipinski definition) is 0. The zero-order valence-corrected chi connectivity index (χ0v) is 14.8. The summed E-state index contributed by atoms with van der Waals surface area (Å²) >= 11 is 0. The van der Waals surface area contributed by atoms with Crippen LogP contribution in [-0.2, 0) is 13.1 Å². The van der Waals surface area contributed by atoms with E-state index in [4.69, 9.17) is 9.47 Å². The largest absolute Gasteiger partial charge is 0.454 e. The Balaban J connectivity index is 1.57. The van der Waals surface area contributed by atoms with Crippen molar-refractivity contribution in [2.45, 2.75) is 26.9 Å². The van der Waals surface area contributed by atoms with Crippen LogP contribution in [0.25, 0.3) is 11.0 Å². The molecule has 0 bridgehead atoms. The normalized spacial score (nSPS) is 12.5. The third kappa shape index (κ3) is 2.85. The van der Waals surface area contributed by atoms with Gasteiger partial charge in [0.05, 0.1) is 5.52 Å². The van der Waals surface area contributed by atoms with E-state index in [-0.39, 0.29) is 12.7 Å². The summed E-state index contributed by atoms with van der Waals surface area (Å²) in [4.78, 5) is 14.7. The summed E-state index contributed by atoms with van der Waals surface area (Å²) in [6.07, 6.45) is 0. The Morgan fingerprint density at radius 3 is 2.81 bits per heavy atom. The van der Waals surface area contributed by atoms with Gasteiger partial charge in [0.2, 0.25) is 6.79 Å². The molecule has 2 aromatic carbocycles. The second-order valence-electron chi connectivity index (χ2n) is 6.12. The van der Waals surface area contributed by atoms with Crippen LogP contribution in [-0.4, -0.2) is 39.1 Å². The summed E-state index contributed by atoms with van der Waals surface area (Å²) in [6, 6.07) is 11.3. The molecule has 26 heavy (non-hydrogen) atoms. The molecule has 0 radical (unpaired) electrons. The van der Waals surface area contributed by atoms with E-state index in [9.17, 15) is 4.79 Å². The number of aromatic nitrogens is 3. The van der Waals surface area contributed by atoms with Crippen LogP contribution in [0.2, 0.25) is 0 Å². The van der Waals surface area contributed by atoms with Gasteiger partial charge < -0.3 is 14.4 Å². The van der Waals surface area contributed by atoms with Crippen LogP contribution in [0.3, 0.4) is 0 Å². The van der Waals surface area contributed by atoms with Crippen LogP contribution in [0.4, 0.5) is 0 Å². The molecule has 2 heterocycles. The van der Waals surface area contributed by atoms with Crippen molar-refractivity contribution in [2.24, 2.45) is 0 Å². The quantitative estimate of drug-likeness (QED) is 0.706. The SMILES string of the molecule is CCN(Cc1ccc2c(c1)OCO2)C(=O)c1ccc2c(c1)nnn2CC. The average molecular weight is 352 g/mol. The Hall–Kier alpha value is -3.09. The highest BCUT2D eigenvalue weighted by Gasteiger charge is 2.18. The Morgan fingerprint density at radius 2 is 2.00 bits per heavy atom. The molecule has 134 valence electrons. The Morgan fingerprint density at radius 1 is 1.15 bits per heavy atom. The number of fused-ring (bicyclic) bond motifs is 2. The maximum Gasteiger partial charge on any atom is 0.254 e. The molecule has 3 aromatic rings. The molecule has 0 spiro atoms. The third-order valence-corrected chi connectivity index (χ3v) is 4.54. The van der Waals surface area contributed by atoms with Crippen molar-refractivity contribution in [3.63, 3.8) is 0 Å². The first-order valence-electron chi connectivity index (χ1n) is 8.70. The molecular weight excluding hydrogens is 332 g/mol. The van der Waals surface area contributed by atoms with Crippen LogP contribution >= 0.6 is 0 Å². The van der Waals surface area contributed by atoms with Gasteiger partial charge in [0, 0.05) is 25.2 Å². The maximum absolute atomic E-state index is 12.9. The molecule has 0 N–H and O–H groups in total. The zero-order chi connectivity index (χ0) is 18.1. The van der Waals surface area contributed by atoms with Gasteiger partial charge in [-0.1, -0.05) is 11.3 Å². The highest BCUT2D eigenvalue weighted by atomic mass is 16.7. The van der Waals surface area contributed by atoms with Crippen LogP contribution in [0.1, 0.15) is 29.8 Å². The fourth-order valence-electron chi connectivity index (χ4n) is 3.11. The first kappa shape index (κ1) is 16.4. The topological polar surface area (TPSA) is 69.5 Å². The van der Waals surface area contributed by atoms with Crippen molar-refractivity contribution in [3.8, 4) is 11.5 Å². The first-order valence-corrected chi connectivity index (χ1v) is 8.70. The van der Waals surface area contributed by atoms with E-state index in [0.717, 1.165) is 34.6 Å².